The van der Waals surface area contributed by atoms with Gasteiger partial charge in [-0.3, -0.25) is 4.99 Å². The van der Waals surface area contributed by atoms with E-state index in [0.717, 1.165) is 34.1 Å². The average Bonchev–Trinajstić information content (AvgIpc) is 3.20. The quantitative estimate of drug-likeness (QED) is 0.510. The standard InChI is InChI=1S/C21H26N4O3.C2H2/c1-3-16-5-4-6-19(28-10-8-22)21(16)24-15-17-14-23-20-13-18(7-9-25(17)20)27-12-11-26-2;1-2/h3-7,9,13-14H,8,10-12,15,22H2,1-2H3;1-2H/b16-3-,24-21?;. The maximum atomic E-state index is 5.76. The van der Waals surface area contributed by atoms with Gasteiger partial charge in [-0.15, -0.1) is 12.8 Å². The summed E-state index contributed by atoms with van der Waals surface area (Å²) in [6, 6.07) is 3.82. The minimum absolute atomic E-state index is 0.456. The fourth-order valence-corrected chi connectivity index (χ4v) is 2.85. The third kappa shape index (κ3) is 5.83. The zero-order chi connectivity index (χ0) is 21.8. The number of aliphatic imine (C=N–C) groups is 1. The maximum Gasteiger partial charge on any atom is 0.145 e. The zero-order valence-corrected chi connectivity index (χ0v) is 17.5. The van der Waals surface area contributed by atoms with E-state index >= 15 is 0 Å². The summed E-state index contributed by atoms with van der Waals surface area (Å²) in [5.74, 6) is 1.51. The second kappa shape index (κ2) is 12.3. The van der Waals surface area contributed by atoms with Crippen molar-refractivity contribution in [3.63, 3.8) is 0 Å². The minimum atomic E-state index is 0.456. The molecule has 3 rings (SSSR count). The van der Waals surface area contributed by atoms with Crippen molar-refractivity contribution in [1.82, 2.24) is 9.38 Å². The number of rotatable bonds is 9. The molecule has 0 radical (unpaired) electrons. The number of nitrogens with zero attached hydrogens (tertiary/aromatic N) is 3. The smallest absolute Gasteiger partial charge is 0.145 e. The first-order valence-electron chi connectivity index (χ1n) is 9.60. The third-order valence-corrected chi connectivity index (χ3v) is 4.23. The summed E-state index contributed by atoms with van der Waals surface area (Å²) in [6.07, 6.45) is 19.7. The molecule has 0 spiro atoms. The summed E-state index contributed by atoms with van der Waals surface area (Å²) in [5, 5.41) is 0. The Bertz CT molecular complexity index is 967. The van der Waals surface area contributed by atoms with Crippen LogP contribution in [0.2, 0.25) is 0 Å². The largest absolute Gasteiger partial charge is 0.491 e. The number of hydrogen-bond donors (Lipinski definition) is 1. The van der Waals surface area contributed by atoms with Crippen molar-refractivity contribution in [2.45, 2.75) is 13.5 Å². The number of ether oxygens (including phenoxy) is 3. The molecule has 7 nitrogen and oxygen atoms in total. The van der Waals surface area contributed by atoms with E-state index in [1.807, 2.05) is 60.2 Å². The van der Waals surface area contributed by atoms with Gasteiger partial charge in [0.15, 0.2) is 0 Å². The molecule has 0 unspecified atom stereocenters. The Morgan fingerprint density at radius 1 is 1.23 bits per heavy atom. The molecular formula is C23H28N4O3. The summed E-state index contributed by atoms with van der Waals surface area (Å²) in [7, 11) is 1.65. The van der Waals surface area contributed by atoms with Crippen molar-refractivity contribution in [3.8, 4) is 18.6 Å². The lowest BCUT2D eigenvalue weighted by atomic mass is 10.0. The van der Waals surface area contributed by atoms with Gasteiger partial charge in [-0.1, -0.05) is 18.2 Å². The van der Waals surface area contributed by atoms with Crippen LogP contribution < -0.4 is 10.5 Å². The summed E-state index contributed by atoms with van der Waals surface area (Å²) in [4.78, 5) is 9.27. The van der Waals surface area contributed by atoms with E-state index in [1.165, 1.54) is 0 Å². The number of aromatic nitrogens is 2. The molecule has 2 heterocycles. The highest BCUT2D eigenvalue weighted by molar-refractivity contribution is 6.14. The van der Waals surface area contributed by atoms with Gasteiger partial charge in [0.2, 0.25) is 0 Å². The van der Waals surface area contributed by atoms with Crippen LogP contribution in [0.4, 0.5) is 0 Å². The van der Waals surface area contributed by atoms with Crippen LogP contribution in [0.25, 0.3) is 5.65 Å². The number of nitrogens with two attached hydrogens (primary N) is 1. The highest BCUT2D eigenvalue weighted by atomic mass is 16.5. The Balaban J connectivity index is 0.00000155. The van der Waals surface area contributed by atoms with E-state index in [4.69, 9.17) is 24.9 Å². The molecule has 0 aliphatic heterocycles. The summed E-state index contributed by atoms with van der Waals surface area (Å²) in [6.45, 7) is 4.44. The van der Waals surface area contributed by atoms with E-state index in [2.05, 4.69) is 17.8 Å². The fraction of sp³-hybridized carbons (Fsp3) is 0.304. The number of fused-ring (bicyclic) bond motifs is 1. The molecule has 2 aromatic rings. The number of allylic oxidation sites excluding steroid dienone is 5. The van der Waals surface area contributed by atoms with Crippen molar-refractivity contribution >= 4 is 11.4 Å². The molecule has 0 aromatic carbocycles. The second-order valence-electron chi connectivity index (χ2n) is 6.12. The Morgan fingerprint density at radius 3 is 2.80 bits per heavy atom. The summed E-state index contributed by atoms with van der Waals surface area (Å²) >= 11 is 0. The molecule has 0 saturated carbocycles. The van der Waals surface area contributed by atoms with Gasteiger partial charge in [0.25, 0.3) is 0 Å². The van der Waals surface area contributed by atoms with E-state index in [1.54, 1.807) is 7.11 Å². The van der Waals surface area contributed by atoms with Crippen molar-refractivity contribution in [2.75, 3.05) is 33.5 Å². The first-order chi connectivity index (χ1) is 14.8. The van der Waals surface area contributed by atoms with Crippen LogP contribution in [-0.4, -0.2) is 48.6 Å². The monoisotopic (exact) mass is 408 g/mol. The van der Waals surface area contributed by atoms with Crippen LogP contribution in [-0.2, 0) is 16.0 Å². The number of imidazole rings is 1. The van der Waals surface area contributed by atoms with Crippen LogP contribution in [0, 0.1) is 12.8 Å². The molecule has 7 heteroatoms. The first-order valence-corrected chi connectivity index (χ1v) is 9.60. The predicted molar refractivity (Wildman–Crippen MR) is 120 cm³/mol. The van der Waals surface area contributed by atoms with Crippen molar-refractivity contribution in [1.29, 1.82) is 0 Å². The summed E-state index contributed by atoms with van der Waals surface area (Å²) in [5.41, 5.74) is 9.22. The van der Waals surface area contributed by atoms with E-state index < -0.39 is 0 Å². The van der Waals surface area contributed by atoms with Crippen molar-refractivity contribution in [2.24, 2.45) is 10.7 Å². The maximum absolute atomic E-state index is 5.76. The normalized spacial score (nSPS) is 15.7. The van der Waals surface area contributed by atoms with Gasteiger partial charge in [-0.25, -0.2) is 4.98 Å². The minimum Gasteiger partial charge on any atom is -0.491 e. The van der Waals surface area contributed by atoms with Crippen LogP contribution in [0.5, 0.6) is 5.75 Å². The summed E-state index contributed by atoms with van der Waals surface area (Å²) < 4.78 is 18.4. The van der Waals surface area contributed by atoms with Gasteiger partial charge in [0.1, 0.15) is 36.1 Å². The van der Waals surface area contributed by atoms with E-state index in [9.17, 15) is 0 Å². The molecule has 1 aliphatic rings. The van der Waals surface area contributed by atoms with E-state index in [0.29, 0.717) is 32.9 Å². The molecule has 0 saturated heterocycles. The molecule has 2 N–H and O–H groups in total. The Hall–Kier alpha value is -3.34. The zero-order valence-electron chi connectivity index (χ0n) is 17.5. The number of terminal acetylenes is 1. The lowest BCUT2D eigenvalue weighted by Crippen LogP contribution is -2.16. The van der Waals surface area contributed by atoms with Crippen LogP contribution in [0.15, 0.2) is 65.2 Å². The molecule has 158 valence electrons. The van der Waals surface area contributed by atoms with Gasteiger partial charge in [0.05, 0.1) is 25.0 Å². The number of methoxy groups -OCH3 is 1. The lowest BCUT2D eigenvalue weighted by Gasteiger charge is -2.16. The molecular weight excluding hydrogens is 380 g/mol. The van der Waals surface area contributed by atoms with E-state index in [-0.39, 0.29) is 0 Å². The van der Waals surface area contributed by atoms with Gasteiger partial charge in [0, 0.05) is 25.9 Å². The Labute approximate surface area is 177 Å². The van der Waals surface area contributed by atoms with Gasteiger partial charge in [-0.05, 0) is 24.6 Å². The van der Waals surface area contributed by atoms with Crippen LogP contribution >= 0.6 is 0 Å². The number of hydrogen-bond acceptors (Lipinski definition) is 6. The topological polar surface area (TPSA) is 83.4 Å². The highest BCUT2D eigenvalue weighted by Gasteiger charge is 2.15. The average molecular weight is 409 g/mol. The molecule has 0 fully saturated rings. The predicted octanol–water partition coefficient (Wildman–Crippen LogP) is 2.93. The first kappa shape index (κ1) is 22.9. The van der Waals surface area contributed by atoms with Gasteiger partial charge < -0.3 is 24.3 Å². The van der Waals surface area contributed by atoms with Crippen LogP contribution in [0.1, 0.15) is 12.6 Å². The SMILES string of the molecule is C#C.C/C=C1/C=CC=C(OCCN)C1=NCc1cnc2cc(OCCOC)ccn12. The molecule has 0 amide bonds. The number of pyridine rings is 1. The second-order valence-corrected chi connectivity index (χ2v) is 6.12. The Kier molecular flexibility index (Phi) is 9.38. The van der Waals surface area contributed by atoms with Crippen molar-refractivity contribution in [3.05, 3.63) is 65.9 Å². The molecule has 1 aliphatic carbocycles. The fourth-order valence-electron chi connectivity index (χ4n) is 2.85. The van der Waals surface area contributed by atoms with Crippen LogP contribution in [0.3, 0.4) is 0 Å². The highest BCUT2D eigenvalue weighted by Crippen LogP contribution is 2.19. The van der Waals surface area contributed by atoms with Crippen molar-refractivity contribution < 1.29 is 14.2 Å². The lowest BCUT2D eigenvalue weighted by molar-refractivity contribution is 0.146. The Morgan fingerprint density at radius 2 is 2.07 bits per heavy atom. The van der Waals surface area contributed by atoms with Gasteiger partial charge >= 0.3 is 0 Å². The molecule has 2 aromatic heterocycles. The molecule has 0 atom stereocenters. The molecule has 0 bridgehead atoms. The third-order valence-electron chi connectivity index (χ3n) is 4.23. The van der Waals surface area contributed by atoms with Gasteiger partial charge in [-0.2, -0.15) is 0 Å². The molecule has 30 heavy (non-hydrogen) atoms.